The van der Waals surface area contributed by atoms with Crippen molar-refractivity contribution >= 4 is 22.6 Å². The number of rotatable bonds is 1. The Hall–Kier alpha value is 0.390. The predicted molar refractivity (Wildman–Crippen MR) is 70.2 cm³/mol. The van der Waals surface area contributed by atoms with Crippen LogP contribution in [0.2, 0.25) is 0 Å². The largest absolute Gasteiger partial charge is 0.370 e. The van der Waals surface area contributed by atoms with Gasteiger partial charge in [0.1, 0.15) is 18.8 Å². The molecule has 0 bridgehead atoms. The molecule has 0 amide bonds. The summed E-state index contributed by atoms with van der Waals surface area (Å²) >= 11 is 2.57. The van der Waals surface area contributed by atoms with Crippen molar-refractivity contribution in [3.63, 3.8) is 0 Å². The zero-order valence-electron chi connectivity index (χ0n) is 9.52. The molecule has 1 heterocycles. The molecule has 0 radical (unpaired) electrons. The molecule has 0 aromatic carbocycles. The molecule has 0 spiro atoms. The number of quaternary nitrogens is 1. The van der Waals surface area contributed by atoms with Gasteiger partial charge in [-0.3, -0.25) is 0 Å². The second-order valence-electron chi connectivity index (χ2n) is 4.78. The summed E-state index contributed by atoms with van der Waals surface area (Å²) in [6.45, 7) is 6.63. The van der Waals surface area contributed by atoms with E-state index in [1.54, 1.807) is 14.2 Å². The van der Waals surface area contributed by atoms with E-state index in [4.69, 9.17) is 4.74 Å². The molecule has 2 nitrogen and oxygen atoms in total. The van der Waals surface area contributed by atoms with Gasteiger partial charge in [-0.2, -0.15) is 0 Å². The van der Waals surface area contributed by atoms with E-state index in [-0.39, 0.29) is 0 Å². The smallest absolute Gasteiger partial charge is 0.117 e. The summed E-state index contributed by atoms with van der Waals surface area (Å²) in [7, 11) is 0. The van der Waals surface area contributed by atoms with Crippen molar-refractivity contribution in [1.29, 1.82) is 0 Å². The Kier molecular flexibility index (Phi) is 4.46. The maximum Gasteiger partial charge on any atom is 0.117 e. The van der Waals surface area contributed by atoms with Crippen LogP contribution in [0.1, 0.15) is 32.6 Å². The zero-order chi connectivity index (χ0) is 10.7. The molecular weight excluding hydrogens is 301 g/mol. The van der Waals surface area contributed by atoms with Gasteiger partial charge in [0.25, 0.3) is 0 Å². The Morgan fingerprint density at radius 2 is 1.87 bits per heavy atom. The minimum absolute atomic E-state index is 0.910. The lowest BCUT2D eigenvalue weighted by Gasteiger charge is -2.26. The maximum absolute atomic E-state index is 5.43. The first kappa shape index (κ1) is 11.9. The van der Waals surface area contributed by atoms with Crippen LogP contribution in [0.5, 0.6) is 0 Å². The third-order valence-electron chi connectivity index (χ3n) is 3.59. The highest BCUT2D eigenvalue weighted by atomic mass is 127. The second-order valence-corrected chi connectivity index (χ2v) is 6.08. The number of hydrogen-bond acceptors (Lipinski definition) is 1. The van der Waals surface area contributed by atoms with E-state index >= 15 is 0 Å². The summed E-state index contributed by atoms with van der Waals surface area (Å²) in [5.41, 5.74) is 1.70. The summed E-state index contributed by atoms with van der Waals surface area (Å²) in [6, 6.07) is 0. The lowest BCUT2D eigenvalue weighted by atomic mass is 10.0. The van der Waals surface area contributed by atoms with Crippen LogP contribution in [0.25, 0.3) is 0 Å². The van der Waals surface area contributed by atoms with E-state index in [1.807, 2.05) is 0 Å². The fourth-order valence-electron chi connectivity index (χ4n) is 2.48. The van der Waals surface area contributed by atoms with Crippen LogP contribution in [0.15, 0.2) is 9.28 Å². The Balaban J connectivity index is 2.04. The SMILES string of the molecule is CC1CCC(I)=C([NH+]2CCOCC2)CC1. The molecule has 1 unspecified atom stereocenters. The van der Waals surface area contributed by atoms with Crippen molar-refractivity contribution in [2.24, 2.45) is 5.92 Å². The molecule has 2 rings (SSSR count). The van der Waals surface area contributed by atoms with Crippen molar-refractivity contribution in [1.82, 2.24) is 0 Å². The van der Waals surface area contributed by atoms with E-state index in [0.29, 0.717) is 0 Å². The highest BCUT2D eigenvalue weighted by Gasteiger charge is 2.24. The predicted octanol–water partition coefficient (Wildman–Crippen LogP) is 1.76. The first-order valence-electron chi connectivity index (χ1n) is 6.07. The van der Waals surface area contributed by atoms with Crippen molar-refractivity contribution in [2.45, 2.75) is 32.6 Å². The normalized spacial score (nSPS) is 30.4. The minimum atomic E-state index is 0.910. The van der Waals surface area contributed by atoms with Crippen molar-refractivity contribution in [3.8, 4) is 0 Å². The summed E-state index contributed by atoms with van der Waals surface area (Å²) in [5.74, 6) is 0.910. The van der Waals surface area contributed by atoms with Crippen molar-refractivity contribution < 1.29 is 9.64 Å². The molecule has 1 saturated heterocycles. The van der Waals surface area contributed by atoms with Crippen LogP contribution in [-0.2, 0) is 4.74 Å². The van der Waals surface area contributed by atoms with Crippen LogP contribution in [0.4, 0.5) is 0 Å². The third-order valence-corrected chi connectivity index (χ3v) is 4.78. The Labute approximate surface area is 106 Å². The molecule has 0 aromatic rings. The van der Waals surface area contributed by atoms with E-state index in [1.165, 1.54) is 38.8 Å². The van der Waals surface area contributed by atoms with Crippen molar-refractivity contribution in [2.75, 3.05) is 26.3 Å². The van der Waals surface area contributed by atoms with E-state index in [9.17, 15) is 0 Å². The summed E-state index contributed by atoms with van der Waals surface area (Å²) < 4.78 is 7.07. The van der Waals surface area contributed by atoms with Gasteiger partial charge >= 0.3 is 0 Å². The van der Waals surface area contributed by atoms with E-state index < -0.39 is 0 Å². The molecule has 1 aliphatic carbocycles. The van der Waals surface area contributed by atoms with E-state index in [2.05, 4.69) is 29.5 Å². The first-order valence-corrected chi connectivity index (χ1v) is 7.15. The molecule has 15 heavy (non-hydrogen) atoms. The lowest BCUT2D eigenvalue weighted by molar-refractivity contribution is -0.871. The van der Waals surface area contributed by atoms with Gasteiger partial charge in [-0.05, 0) is 47.8 Å². The van der Waals surface area contributed by atoms with Gasteiger partial charge in [0.2, 0.25) is 0 Å². The van der Waals surface area contributed by atoms with Crippen LogP contribution in [0.3, 0.4) is 0 Å². The monoisotopic (exact) mass is 322 g/mol. The molecule has 1 atom stereocenters. The number of nitrogens with one attached hydrogen (secondary N) is 1. The molecule has 0 saturated carbocycles. The third kappa shape index (κ3) is 3.17. The zero-order valence-corrected chi connectivity index (χ0v) is 11.7. The summed E-state index contributed by atoms with van der Waals surface area (Å²) in [4.78, 5) is 1.69. The maximum atomic E-state index is 5.43. The topological polar surface area (TPSA) is 13.7 Å². The van der Waals surface area contributed by atoms with Crippen LogP contribution in [0, 0.1) is 5.92 Å². The Bertz CT molecular complexity index is 246. The average molecular weight is 322 g/mol. The number of morpholine rings is 1. The average Bonchev–Trinajstić information content (AvgIpc) is 2.43. The Morgan fingerprint density at radius 1 is 1.20 bits per heavy atom. The highest BCUT2D eigenvalue weighted by Crippen LogP contribution is 2.28. The molecule has 1 N–H and O–H groups in total. The standard InChI is InChI=1S/C12H20INO/c1-10-2-4-11(13)12(5-3-10)14-6-8-15-9-7-14/h10H,2-9H2,1H3/p+1. The van der Waals surface area contributed by atoms with Gasteiger partial charge in [0.15, 0.2) is 0 Å². The van der Waals surface area contributed by atoms with Gasteiger partial charge in [0, 0.05) is 10.0 Å². The first-order chi connectivity index (χ1) is 7.27. The molecule has 0 aromatic heterocycles. The van der Waals surface area contributed by atoms with Gasteiger partial charge in [-0.15, -0.1) is 0 Å². The molecule has 3 heteroatoms. The van der Waals surface area contributed by atoms with Crippen LogP contribution >= 0.6 is 22.6 Å². The molecule has 2 aliphatic rings. The van der Waals surface area contributed by atoms with Crippen LogP contribution in [-0.4, -0.2) is 26.3 Å². The highest BCUT2D eigenvalue weighted by molar-refractivity contribution is 14.1. The number of allylic oxidation sites excluding steroid dienone is 2. The fraction of sp³-hybridized carbons (Fsp3) is 0.833. The quantitative estimate of drug-likeness (QED) is 0.727. The molecule has 1 aliphatic heterocycles. The molecule has 86 valence electrons. The van der Waals surface area contributed by atoms with Gasteiger partial charge < -0.3 is 9.64 Å². The summed E-state index contributed by atoms with van der Waals surface area (Å²) in [6.07, 6.45) is 5.38. The number of halogens is 1. The second kappa shape index (κ2) is 5.64. The lowest BCUT2D eigenvalue weighted by Crippen LogP contribution is -3.12. The van der Waals surface area contributed by atoms with Gasteiger partial charge in [-0.25, -0.2) is 0 Å². The van der Waals surface area contributed by atoms with Crippen LogP contribution < -0.4 is 4.90 Å². The number of hydrogen-bond donors (Lipinski definition) is 1. The minimum Gasteiger partial charge on any atom is -0.370 e. The Morgan fingerprint density at radius 3 is 2.60 bits per heavy atom. The van der Waals surface area contributed by atoms with E-state index in [0.717, 1.165) is 19.1 Å². The van der Waals surface area contributed by atoms with Gasteiger partial charge in [-0.1, -0.05) is 6.92 Å². The summed E-state index contributed by atoms with van der Waals surface area (Å²) in [5, 5.41) is 0. The fourth-order valence-corrected chi connectivity index (χ4v) is 3.45. The number of ether oxygens (including phenoxy) is 1. The van der Waals surface area contributed by atoms with Gasteiger partial charge in [0.05, 0.1) is 13.2 Å². The van der Waals surface area contributed by atoms with Crippen molar-refractivity contribution in [3.05, 3.63) is 9.28 Å². The molecular formula is C12H21INO+. The molecule has 1 fully saturated rings.